The van der Waals surface area contributed by atoms with Crippen LogP contribution < -0.4 is 5.32 Å². The molecular weight excluding hydrogens is 214 g/mol. The van der Waals surface area contributed by atoms with Crippen molar-refractivity contribution in [1.29, 1.82) is 0 Å². The Labute approximate surface area is 81.6 Å². The highest BCUT2D eigenvalue weighted by molar-refractivity contribution is 9.10. The van der Waals surface area contributed by atoms with E-state index in [2.05, 4.69) is 46.9 Å². The third-order valence-corrected chi connectivity index (χ3v) is 2.13. The molecule has 1 aromatic carbocycles. The van der Waals surface area contributed by atoms with Gasteiger partial charge in [-0.2, -0.15) is 0 Å². The van der Waals surface area contributed by atoms with E-state index >= 15 is 0 Å². The van der Waals surface area contributed by atoms with Crippen molar-refractivity contribution in [2.45, 2.75) is 6.92 Å². The zero-order valence-corrected chi connectivity index (χ0v) is 8.69. The molecule has 2 heteroatoms. The van der Waals surface area contributed by atoms with Gasteiger partial charge in [-0.1, -0.05) is 28.1 Å². The molecule has 0 aliphatic rings. The van der Waals surface area contributed by atoms with Crippen LogP contribution in [-0.4, -0.2) is 6.54 Å². The fourth-order valence-corrected chi connectivity index (χ4v) is 1.33. The van der Waals surface area contributed by atoms with E-state index in [1.807, 2.05) is 12.1 Å². The number of anilines is 1. The molecular formula is C10H12BrN. The summed E-state index contributed by atoms with van der Waals surface area (Å²) in [6, 6.07) is 6.18. The average Bonchev–Trinajstić information content (AvgIpc) is 2.07. The molecule has 0 aromatic heterocycles. The summed E-state index contributed by atoms with van der Waals surface area (Å²) in [5.74, 6) is 0. The highest BCUT2D eigenvalue weighted by Crippen LogP contribution is 2.20. The first-order valence-corrected chi connectivity index (χ1v) is 4.64. The van der Waals surface area contributed by atoms with E-state index in [1.165, 1.54) is 5.56 Å². The summed E-state index contributed by atoms with van der Waals surface area (Å²) in [4.78, 5) is 0. The summed E-state index contributed by atoms with van der Waals surface area (Å²) in [7, 11) is 0. The Morgan fingerprint density at radius 3 is 3.00 bits per heavy atom. The molecule has 0 amide bonds. The SMILES string of the molecule is C=CCNc1cc(Br)ccc1C. The molecule has 0 bridgehead atoms. The van der Waals surface area contributed by atoms with Crippen LogP contribution in [0, 0.1) is 6.92 Å². The minimum absolute atomic E-state index is 0.803. The molecule has 0 spiro atoms. The normalized spacial score (nSPS) is 9.50. The lowest BCUT2D eigenvalue weighted by atomic mass is 10.2. The molecule has 1 nitrogen and oxygen atoms in total. The van der Waals surface area contributed by atoms with Gasteiger partial charge in [-0.05, 0) is 24.6 Å². The number of rotatable bonds is 3. The number of halogens is 1. The molecule has 0 aliphatic carbocycles. The van der Waals surface area contributed by atoms with Crippen molar-refractivity contribution in [3.63, 3.8) is 0 Å². The van der Waals surface area contributed by atoms with Gasteiger partial charge >= 0.3 is 0 Å². The van der Waals surface area contributed by atoms with Gasteiger partial charge in [0.1, 0.15) is 0 Å². The highest BCUT2D eigenvalue weighted by Gasteiger charge is 1.95. The van der Waals surface area contributed by atoms with Crippen molar-refractivity contribution in [2.24, 2.45) is 0 Å². The third-order valence-electron chi connectivity index (χ3n) is 1.64. The van der Waals surface area contributed by atoms with Gasteiger partial charge in [0, 0.05) is 16.7 Å². The Kier molecular flexibility index (Phi) is 3.35. The quantitative estimate of drug-likeness (QED) is 0.779. The molecule has 12 heavy (non-hydrogen) atoms. The van der Waals surface area contributed by atoms with Crippen LogP contribution >= 0.6 is 15.9 Å². The predicted molar refractivity (Wildman–Crippen MR) is 57.6 cm³/mol. The molecule has 0 saturated carbocycles. The molecule has 0 fully saturated rings. The Bertz CT molecular complexity index is 281. The lowest BCUT2D eigenvalue weighted by Crippen LogP contribution is -1.99. The molecule has 0 aliphatic heterocycles. The van der Waals surface area contributed by atoms with Gasteiger partial charge in [-0.25, -0.2) is 0 Å². The molecule has 0 unspecified atom stereocenters. The zero-order chi connectivity index (χ0) is 8.97. The Balaban J connectivity index is 2.82. The second kappa shape index (κ2) is 4.31. The molecule has 64 valence electrons. The van der Waals surface area contributed by atoms with Gasteiger partial charge in [0.15, 0.2) is 0 Å². The average molecular weight is 226 g/mol. The maximum Gasteiger partial charge on any atom is 0.0383 e. The van der Waals surface area contributed by atoms with E-state index in [-0.39, 0.29) is 0 Å². The summed E-state index contributed by atoms with van der Waals surface area (Å²) in [5, 5.41) is 3.26. The molecule has 0 radical (unpaired) electrons. The first kappa shape index (κ1) is 9.33. The minimum Gasteiger partial charge on any atom is -0.381 e. The molecule has 1 aromatic rings. The largest absolute Gasteiger partial charge is 0.381 e. The summed E-state index contributed by atoms with van der Waals surface area (Å²) < 4.78 is 1.10. The number of benzene rings is 1. The van der Waals surface area contributed by atoms with E-state index in [9.17, 15) is 0 Å². The first-order valence-electron chi connectivity index (χ1n) is 3.85. The fourth-order valence-electron chi connectivity index (χ4n) is 0.967. The zero-order valence-electron chi connectivity index (χ0n) is 7.10. The molecule has 0 atom stereocenters. The monoisotopic (exact) mass is 225 g/mol. The van der Waals surface area contributed by atoms with Crippen molar-refractivity contribution in [3.05, 3.63) is 40.9 Å². The summed E-state index contributed by atoms with van der Waals surface area (Å²) in [6.07, 6.45) is 1.85. The Hall–Kier alpha value is -0.760. The van der Waals surface area contributed by atoms with Crippen LogP contribution in [0.25, 0.3) is 0 Å². The molecule has 0 saturated heterocycles. The van der Waals surface area contributed by atoms with Crippen LogP contribution in [0.1, 0.15) is 5.56 Å². The lowest BCUT2D eigenvalue weighted by Gasteiger charge is -2.07. The smallest absolute Gasteiger partial charge is 0.0383 e. The van der Waals surface area contributed by atoms with Crippen LogP contribution in [0.15, 0.2) is 35.3 Å². The first-order chi connectivity index (χ1) is 5.74. The third kappa shape index (κ3) is 2.38. The van der Waals surface area contributed by atoms with E-state index in [0.717, 1.165) is 16.7 Å². The van der Waals surface area contributed by atoms with Crippen LogP contribution in [0.5, 0.6) is 0 Å². The van der Waals surface area contributed by atoms with Crippen molar-refractivity contribution in [3.8, 4) is 0 Å². The maximum atomic E-state index is 3.65. The summed E-state index contributed by atoms with van der Waals surface area (Å²) in [5.41, 5.74) is 2.41. The lowest BCUT2D eigenvalue weighted by molar-refractivity contribution is 1.30. The van der Waals surface area contributed by atoms with E-state index in [4.69, 9.17) is 0 Å². The van der Waals surface area contributed by atoms with Crippen LogP contribution in [0.3, 0.4) is 0 Å². The van der Waals surface area contributed by atoms with Crippen LogP contribution in [0.4, 0.5) is 5.69 Å². The van der Waals surface area contributed by atoms with Gasteiger partial charge in [0.05, 0.1) is 0 Å². The minimum atomic E-state index is 0.803. The highest BCUT2D eigenvalue weighted by atomic mass is 79.9. The summed E-state index contributed by atoms with van der Waals surface area (Å²) in [6.45, 7) is 6.54. The van der Waals surface area contributed by atoms with E-state index < -0.39 is 0 Å². The van der Waals surface area contributed by atoms with Crippen molar-refractivity contribution >= 4 is 21.6 Å². The van der Waals surface area contributed by atoms with Gasteiger partial charge < -0.3 is 5.32 Å². The van der Waals surface area contributed by atoms with E-state index in [1.54, 1.807) is 0 Å². The van der Waals surface area contributed by atoms with E-state index in [0.29, 0.717) is 0 Å². The van der Waals surface area contributed by atoms with Gasteiger partial charge in [0.2, 0.25) is 0 Å². The fraction of sp³-hybridized carbons (Fsp3) is 0.200. The molecule has 0 heterocycles. The van der Waals surface area contributed by atoms with Gasteiger partial charge in [0.25, 0.3) is 0 Å². The standard InChI is InChI=1S/C10H12BrN/c1-3-6-12-10-7-9(11)5-4-8(10)2/h3-5,7,12H,1,6H2,2H3. The van der Waals surface area contributed by atoms with Crippen molar-refractivity contribution in [1.82, 2.24) is 0 Å². The second-order valence-corrected chi connectivity index (χ2v) is 3.54. The Morgan fingerprint density at radius 2 is 2.33 bits per heavy atom. The van der Waals surface area contributed by atoms with Crippen molar-refractivity contribution < 1.29 is 0 Å². The second-order valence-electron chi connectivity index (χ2n) is 2.63. The van der Waals surface area contributed by atoms with Crippen molar-refractivity contribution in [2.75, 3.05) is 11.9 Å². The van der Waals surface area contributed by atoms with Gasteiger partial charge in [-0.15, -0.1) is 6.58 Å². The number of hydrogen-bond acceptors (Lipinski definition) is 1. The molecule has 1 rings (SSSR count). The Morgan fingerprint density at radius 1 is 1.58 bits per heavy atom. The summed E-state index contributed by atoms with van der Waals surface area (Å²) >= 11 is 3.42. The number of aryl methyl sites for hydroxylation is 1. The predicted octanol–water partition coefficient (Wildman–Crippen LogP) is 3.36. The maximum absolute atomic E-state index is 3.65. The number of hydrogen-bond donors (Lipinski definition) is 1. The van der Waals surface area contributed by atoms with Gasteiger partial charge in [-0.3, -0.25) is 0 Å². The topological polar surface area (TPSA) is 12.0 Å². The molecule has 1 N–H and O–H groups in total. The van der Waals surface area contributed by atoms with Crippen LogP contribution in [0.2, 0.25) is 0 Å². The van der Waals surface area contributed by atoms with Crippen LogP contribution in [-0.2, 0) is 0 Å². The number of nitrogens with one attached hydrogen (secondary N) is 1.